The second-order valence-corrected chi connectivity index (χ2v) is 5.35. The van der Waals surface area contributed by atoms with Gasteiger partial charge < -0.3 is 16.2 Å². The van der Waals surface area contributed by atoms with E-state index in [1.165, 1.54) is 6.07 Å². The van der Waals surface area contributed by atoms with E-state index in [-0.39, 0.29) is 17.8 Å². The van der Waals surface area contributed by atoms with Crippen molar-refractivity contribution in [3.8, 4) is 0 Å². The molecule has 2 rings (SSSR count). The molecule has 5 heteroatoms. The van der Waals surface area contributed by atoms with Crippen molar-refractivity contribution in [2.75, 3.05) is 17.6 Å². The van der Waals surface area contributed by atoms with Gasteiger partial charge in [-0.15, -0.1) is 0 Å². The highest BCUT2D eigenvalue weighted by molar-refractivity contribution is 9.10. The molecular formula is C12H16BrFN2O. The summed E-state index contributed by atoms with van der Waals surface area (Å²) in [5.41, 5.74) is 6.82. The summed E-state index contributed by atoms with van der Waals surface area (Å²) in [6.07, 6.45) is 2.73. The zero-order chi connectivity index (χ0) is 12.4. The second kappa shape index (κ2) is 5.23. The van der Waals surface area contributed by atoms with Crippen LogP contribution in [0, 0.1) is 11.7 Å². The maximum absolute atomic E-state index is 13.2. The lowest BCUT2D eigenvalue weighted by molar-refractivity contribution is 0.138. The third-order valence-corrected chi connectivity index (χ3v) is 3.87. The van der Waals surface area contributed by atoms with Gasteiger partial charge in [0.2, 0.25) is 0 Å². The van der Waals surface area contributed by atoms with Gasteiger partial charge in [-0.3, -0.25) is 0 Å². The van der Waals surface area contributed by atoms with Crippen LogP contribution in [0.5, 0.6) is 0 Å². The predicted octanol–water partition coefficient (Wildman–Crippen LogP) is 2.74. The van der Waals surface area contributed by atoms with Crippen LogP contribution >= 0.6 is 15.9 Å². The topological polar surface area (TPSA) is 58.3 Å². The average molecular weight is 303 g/mol. The van der Waals surface area contributed by atoms with Gasteiger partial charge >= 0.3 is 0 Å². The molecule has 1 aromatic carbocycles. The molecule has 1 fully saturated rings. The summed E-state index contributed by atoms with van der Waals surface area (Å²) in [5, 5.41) is 12.9. The number of hydrogen-bond donors (Lipinski definition) is 3. The molecule has 2 unspecified atom stereocenters. The number of nitrogen functional groups attached to an aromatic ring is 1. The highest BCUT2D eigenvalue weighted by Gasteiger charge is 2.24. The van der Waals surface area contributed by atoms with Crippen molar-refractivity contribution in [2.45, 2.75) is 25.4 Å². The summed E-state index contributed by atoms with van der Waals surface area (Å²) in [7, 11) is 0. The predicted molar refractivity (Wildman–Crippen MR) is 70.3 cm³/mol. The first-order valence-corrected chi connectivity index (χ1v) is 6.53. The van der Waals surface area contributed by atoms with E-state index in [4.69, 9.17) is 5.73 Å². The Balaban J connectivity index is 2.01. The van der Waals surface area contributed by atoms with E-state index in [0.717, 1.165) is 19.3 Å². The normalized spacial score (nSPS) is 23.9. The number of nitrogens with two attached hydrogens (primary N) is 1. The number of rotatable bonds is 3. The number of aliphatic hydroxyl groups is 1. The van der Waals surface area contributed by atoms with Crippen LogP contribution in [-0.2, 0) is 0 Å². The Morgan fingerprint density at radius 3 is 2.88 bits per heavy atom. The minimum absolute atomic E-state index is 0.229. The molecule has 0 amide bonds. The van der Waals surface area contributed by atoms with E-state index >= 15 is 0 Å². The van der Waals surface area contributed by atoms with Crippen LogP contribution in [0.2, 0.25) is 0 Å². The van der Waals surface area contributed by atoms with Crippen molar-refractivity contribution in [1.82, 2.24) is 0 Å². The molecule has 17 heavy (non-hydrogen) atoms. The third kappa shape index (κ3) is 2.90. The fourth-order valence-electron chi connectivity index (χ4n) is 2.21. The molecule has 0 bridgehead atoms. The fraction of sp³-hybridized carbons (Fsp3) is 0.500. The van der Waals surface area contributed by atoms with Gasteiger partial charge in [0, 0.05) is 18.5 Å². The molecule has 0 radical (unpaired) electrons. The summed E-state index contributed by atoms with van der Waals surface area (Å²) < 4.78 is 13.6. The van der Waals surface area contributed by atoms with E-state index in [1.807, 2.05) is 0 Å². The van der Waals surface area contributed by atoms with Crippen molar-refractivity contribution in [3.63, 3.8) is 0 Å². The van der Waals surface area contributed by atoms with Gasteiger partial charge in [0.05, 0.1) is 22.0 Å². The fourth-order valence-corrected chi connectivity index (χ4v) is 2.56. The summed E-state index contributed by atoms with van der Waals surface area (Å²) in [4.78, 5) is 0. The molecule has 1 aliphatic carbocycles. The first kappa shape index (κ1) is 12.6. The van der Waals surface area contributed by atoms with Crippen LogP contribution in [-0.4, -0.2) is 17.8 Å². The van der Waals surface area contributed by atoms with Gasteiger partial charge in [0.25, 0.3) is 0 Å². The molecule has 94 valence electrons. The number of anilines is 2. The molecular weight excluding hydrogens is 287 g/mol. The first-order valence-electron chi connectivity index (χ1n) is 5.74. The number of aliphatic hydroxyl groups excluding tert-OH is 1. The van der Waals surface area contributed by atoms with Gasteiger partial charge in [0.15, 0.2) is 0 Å². The molecule has 1 aliphatic rings. The van der Waals surface area contributed by atoms with E-state index in [9.17, 15) is 9.50 Å². The molecule has 0 saturated heterocycles. The molecule has 0 heterocycles. The number of nitrogens with one attached hydrogen (secondary N) is 1. The van der Waals surface area contributed by atoms with Gasteiger partial charge in [-0.2, -0.15) is 0 Å². The Morgan fingerprint density at radius 1 is 1.47 bits per heavy atom. The Morgan fingerprint density at radius 2 is 2.24 bits per heavy atom. The van der Waals surface area contributed by atoms with E-state index in [1.54, 1.807) is 6.07 Å². The van der Waals surface area contributed by atoms with Gasteiger partial charge in [0.1, 0.15) is 5.82 Å². The molecule has 2 atom stereocenters. The zero-order valence-electron chi connectivity index (χ0n) is 9.42. The van der Waals surface area contributed by atoms with Crippen LogP contribution in [0.1, 0.15) is 19.3 Å². The highest BCUT2D eigenvalue weighted by Crippen LogP contribution is 2.29. The van der Waals surface area contributed by atoms with Crippen molar-refractivity contribution in [1.29, 1.82) is 0 Å². The van der Waals surface area contributed by atoms with Crippen LogP contribution in [0.3, 0.4) is 0 Å². The van der Waals surface area contributed by atoms with Crippen molar-refractivity contribution in [3.05, 3.63) is 22.4 Å². The minimum atomic E-state index is -0.367. The summed E-state index contributed by atoms with van der Waals surface area (Å²) >= 11 is 3.13. The highest BCUT2D eigenvalue weighted by atomic mass is 79.9. The van der Waals surface area contributed by atoms with Gasteiger partial charge in [-0.1, -0.05) is 6.42 Å². The number of hydrogen-bond acceptors (Lipinski definition) is 3. The molecule has 4 N–H and O–H groups in total. The number of halogens is 2. The Hall–Kier alpha value is -0.810. The SMILES string of the molecule is Nc1cc(F)c(Br)cc1NCC1CCCC1O. The Kier molecular flexibility index (Phi) is 3.89. The first-order chi connectivity index (χ1) is 8.08. The lowest BCUT2D eigenvalue weighted by Gasteiger charge is -2.17. The third-order valence-electron chi connectivity index (χ3n) is 3.27. The Bertz CT molecular complexity index is 414. The molecule has 0 aromatic heterocycles. The van der Waals surface area contributed by atoms with Gasteiger partial charge in [-0.05, 0) is 34.8 Å². The van der Waals surface area contributed by atoms with Crippen LogP contribution in [0.25, 0.3) is 0 Å². The van der Waals surface area contributed by atoms with E-state index in [2.05, 4.69) is 21.2 Å². The van der Waals surface area contributed by atoms with E-state index in [0.29, 0.717) is 22.4 Å². The maximum atomic E-state index is 13.2. The summed E-state index contributed by atoms with van der Waals surface area (Å²) in [6.45, 7) is 0.670. The van der Waals surface area contributed by atoms with Crippen molar-refractivity contribution >= 4 is 27.3 Å². The molecule has 1 aromatic rings. The lowest BCUT2D eigenvalue weighted by atomic mass is 10.1. The molecule has 0 aliphatic heterocycles. The smallest absolute Gasteiger partial charge is 0.139 e. The van der Waals surface area contributed by atoms with Crippen LogP contribution in [0.15, 0.2) is 16.6 Å². The van der Waals surface area contributed by atoms with Crippen LogP contribution < -0.4 is 11.1 Å². The monoisotopic (exact) mass is 302 g/mol. The standard InChI is InChI=1S/C12H16BrFN2O/c13-8-4-11(10(15)5-9(8)14)16-6-7-2-1-3-12(7)17/h4-5,7,12,16-17H,1-3,6,15H2. The van der Waals surface area contributed by atoms with Crippen molar-refractivity contribution < 1.29 is 9.50 Å². The lowest BCUT2D eigenvalue weighted by Crippen LogP contribution is -2.22. The Labute approximate surface area is 108 Å². The largest absolute Gasteiger partial charge is 0.397 e. The number of benzene rings is 1. The van der Waals surface area contributed by atoms with Crippen molar-refractivity contribution in [2.24, 2.45) is 5.92 Å². The second-order valence-electron chi connectivity index (χ2n) is 4.49. The minimum Gasteiger partial charge on any atom is -0.397 e. The average Bonchev–Trinajstić information content (AvgIpc) is 2.68. The summed E-state index contributed by atoms with van der Waals surface area (Å²) in [6, 6.07) is 2.92. The quantitative estimate of drug-likeness (QED) is 0.753. The maximum Gasteiger partial charge on any atom is 0.139 e. The molecule has 0 spiro atoms. The van der Waals surface area contributed by atoms with Crippen LogP contribution in [0.4, 0.5) is 15.8 Å². The van der Waals surface area contributed by atoms with Gasteiger partial charge in [-0.25, -0.2) is 4.39 Å². The summed E-state index contributed by atoms with van der Waals surface area (Å²) in [5.74, 6) is -0.104. The zero-order valence-corrected chi connectivity index (χ0v) is 11.0. The molecule has 1 saturated carbocycles. The van der Waals surface area contributed by atoms with E-state index < -0.39 is 0 Å². The molecule has 3 nitrogen and oxygen atoms in total.